The molecule has 0 fully saturated rings. The van der Waals surface area contributed by atoms with Crippen LogP contribution in [0.2, 0.25) is 0 Å². The van der Waals surface area contributed by atoms with Gasteiger partial charge in [-0.05, 0) is 0 Å². The first-order valence-corrected chi connectivity index (χ1v) is 2.89. The Labute approximate surface area is 88.1 Å². The van der Waals surface area contributed by atoms with Gasteiger partial charge in [0.2, 0.25) is 0 Å². The Morgan fingerprint density at radius 3 is 1.36 bits per heavy atom. The van der Waals surface area contributed by atoms with Crippen molar-refractivity contribution in [3.63, 3.8) is 0 Å². The van der Waals surface area contributed by atoms with Gasteiger partial charge in [0.15, 0.2) is 0 Å². The van der Waals surface area contributed by atoms with Crippen LogP contribution < -0.4 is 29.6 Å². The Kier molecular flexibility index (Phi) is 9.71. The maximum atomic E-state index is 8.77. The minimum absolute atomic E-state index is 0. The number of aliphatic hydroxyl groups is 5. The van der Waals surface area contributed by atoms with E-state index in [1.807, 2.05) is 0 Å². The fourth-order valence-corrected chi connectivity index (χ4v) is 0.472. The van der Waals surface area contributed by atoms with Crippen molar-refractivity contribution < 1.29 is 56.5 Å². The first-order valence-electron chi connectivity index (χ1n) is 2.89. The molecular weight excluding hydrogens is 163 g/mol. The van der Waals surface area contributed by atoms with Crippen LogP contribution in [0.25, 0.3) is 0 Å². The van der Waals surface area contributed by atoms with E-state index >= 15 is 0 Å². The van der Waals surface area contributed by atoms with E-state index in [4.69, 9.17) is 25.5 Å². The zero-order chi connectivity index (χ0) is 8.15. The normalized spacial score (nSPS) is 18.3. The summed E-state index contributed by atoms with van der Waals surface area (Å²) in [7, 11) is 0. The number of hydrogen-bond donors (Lipinski definition) is 5. The van der Waals surface area contributed by atoms with Gasteiger partial charge in [0, 0.05) is 0 Å². The maximum Gasteiger partial charge on any atom is 1.00 e. The Hall–Kier alpha value is 0.800. The van der Waals surface area contributed by atoms with Crippen LogP contribution in [0.3, 0.4) is 0 Å². The zero-order valence-electron chi connectivity index (χ0n) is 7.38. The maximum absolute atomic E-state index is 8.77. The molecule has 0 spiro atoms. The van der Waals surface area contributed by atoms with Crippen LogP contribution in [0.15, 0.2) is 0 Å². The summed E-state index contributed by atoms with van der Waals surface area (Å²) in [6.45, 7) is -1.28. The summed E-state index contributed by atoms with van der Waals surface area (Å²) in [4.78, 5) is 0. The molecule has 0 saturated heterocycles. The van der Waals surface area contributed by atoms with Crippen LogP contribution in [0.4, 0.5) is 0 Å². The van der Waals surface area contributed by atoms with Crippen LogP contribution in [0.5, 0.6) is 0 Å². The summed E-state index contributed by atoms with van der Waals surface area (Å²) >= 11 is 0. The van der Waals surface area contributed by atoms with Crippen molar-refractivity contribution in [3.8, 4) is 0 Å². The molecule has 0 aliphatic carbocycles. The second-order valence-corrected chi connectivity index (χ2v) is 1.99. The van der Waals surface area contributed by atoms with E-state index in [1.54, 1.807) is 0 Å². The molecule has 64 valence electrons. The molecule has 5 nitrogen and oxygen atoms in total. The van der Waals surface area contributed by atoms with Gasteiger partial charge in [-0.1, -0.05) is 0 Å². The van der Waals surface area contributed by atoms with E-state index in [1.165, 1.54) is 0 Å². The summed E-state index contributed by atoms with van der Waals surface area (Å²) in [5.74, 6) is 0. The first-order chi connectivity index (χ1) is 4.63. The largest absolute Gasteiger partial charge is 1.00 e. The molecule has 0 aliphatic rings. The number of hydrogen-bond acceptors (Lipinski definition) is 5. The minimum Gasteiger partial charge on any atom is -1.00 e. The monoisotopic (exact) mass is 176 g/mol. The Bertz CT molecular complexity index is 85.9. The summed E-state index contributed by atoms with van der Waals surface area (Å²) < 4.78 is 0. The average molecular weight is 176 g/mol. The molecule has 0 bridgehead atoms. The fourth-order valence-electron chi connectivity index (χ4n) is 0.472. The van der Waals surface area contributed by atoms with Gasteiger partial charge in [-0.25, -0.2) is 0 Å². The predicted octanol–water partition coefficient (Wildman–Crippen LogP) is -5.83. The molecule has 0 aromatic rings. The molecule has 0 rings (SSSR count). The van der Waals surface area contributed by atoms with Crippen LogP contribution in [0.1, 0.15) is 1.43 Å². The Morgan fingerprint density at radius 2 is 1.18 bits per heavy atom. The molecule has 0 aromatic carbocycles. The van der Waals surface area contributed by atoms with Crippen molar-refractivity contribution >= 4 is 0 Å². The van der Waals surface area contributed by atoms with E-state index in [0.29, 0.717) is 0 Å². The van der Waals surface area contributed by atoms with Crippen LogP contribution in [-0.2, 0) is 0 Å². The SMILES string of the molecule is OC[C@@H](O)C(O)[C@@H](O)CO.[H-].[Na+]. The van der Waals surface area contributed by atoms with Crippen LogP contribution in [0, 0.1) is 0 Å². The zero-order valence-corrected chi connectivity index (χ0v) is 8.38. The molecule has 0 radical (unpaired) electrons. The van der Waals surface area contributed by atoms with Crippen LogP contribution >= 0.6 is 0 Å². The van der Waals surface area contributed by atoms with Gasteiger partial charge in [-0.2, -0.15) is 0 Å². The Morgan fingerprint density at radius 1 is 0.909 bits per heavy atom. The van der Waals surface area contributed by atoms with Crippen molar-refractivity contribution in [2.24, 2.45) is 0 Å². The molecule has 11 heavy (non-hydrogen) atoms. The molecule has 3 atom stereocenters. The molecule has 6 heteroatoms. The van der Waals surface area contributed by atoms with Crippen molar-refractivity contribution in [2.75, 3.05) is 13.2 Å². The summed E-state index contributed by atoms with van der Waals surface area (Å²) in [6, 6.07) is 0. The van der Waals surface area contributed by atoms with Crippen molar-refractivity contribution in [3.05, 3.63) is 0 Å². The molecule has 0 saturated carbocycles. The summed E-state index contributed by atoms with van der Waals surface area (Å²) in [5, 5.41) is 42.6. The predicted molar refractivity (Wildman–Crippen MR) is 33.3 cm³/mol. The van der Waals surface area contributed by atoms with E-state index < -0.39 is 31.5 Å². The topological polar surface area (TPSA) is 101 Å². The van der Waals surface area contributed by atoms with Gasteiger partial charge in [0.25, 0.3) is 0 Å². The third-order valence-corrected chi connectivity index (χ3v) is 1.16. The quantitative estimate of drug-likeness (QED) is 0.275. The van der Waals surface area contributed by atoms with E-state index in [-0.39, 0.29) is 31.0 Å². The second-order valence-electron chi connectivity index (χ2n) is 1.99. The van der Waals surface area contributed by atoms with E-state index in [2.05, 4.69) is 0 Å². The third-order valence-electron chi connectivity index (χ3n) is 1.16. The van der Waals surface area contributed by atoms with Gasteiger partial charge in [-0.3, -0.25) is 0 Å². The molecule has 0 heterocycles. The van der Waals surface area contributed by atoms with Crippen molar-refractivity contribution in [1.29, 1.82) is 0 Å². The minimum atomic E-state index is -1.49. The Balaban J connectivity index is -0.000000405. The van der Waals surface area contributed by atoms with E-state index in [9.17, 15) is 0 Å². The summed E-state index contributed by atoms with van der Waals surface area (Å²) in [6.07, 6.45) is -4.29. The van der Waals surface area contributed by atoms with Crippen molar-refractivity contribution in [1.82, 2.24) is 0 Å². The molecule has 0 aliphatic heterocycles. The third kappa shape index (κ3) is 5.10. The van der Waals surface area contributed by atoms with Gasteiger partial charge >= 0.3 is 29.6 Å². The van der Waals surface area contributed by atoms with Crippen molar-refractivity contribution in [2.45, 2.75) is 18.3 Å². The van der Waals surface area contributed by atoms with Gasteiger partial charge in [0.05, 0.1) is 13.2 Å². The van der Waals surface area contributed by atoms with Gasteiger partial charge in [0.1, 0.15) is 18.3 Å². The molecule has 5 N–H and O–H groups in total. The molecular formula is C5H13NaO5. The first kappa shape index (κ1) is 14.3. The molecule has 0 aromatic heterocycles. The molecule has 1 unspecified atom stereocenters. The smallest absolute Gasteiger partial charge is 1.00 e. The molecule has 0 amide bonds. The second kappa shape index (κ2) is 7.45. The number of rotatable bonds is 4. The van der Waals surface area contributed by atoms with Crippen LogP contribution in [-0.4, -0.2) is 57.1 Å². The standard InChI is InChI=1S/C5H12O5.Na.H/c6-1-3(8)5(10)4(9)2-7;;/h3-10H,1-2H2;;/q;+1;-1/t3-,4+,5?;;. The van der Waals surface area contributed by atoms with Gasteiger partial charge < -0.3 is 27.0 Å². The van der Waals surface area contributed by atoms with E-state index in [0.717, 1.165) is 0 Å². The van der Waals surface area contributed by atoms with Gasteiger partial charge in [-0.15, -0.1) is 0 Å². The summed E-state index contributed by atoms with van der Waals surface area (Å²) in [5.41, 5.74) is 0. The average Bonchev–Trinajstić information content (AvgIpc) is 2.00. The fraction of sp³-hybridized carbons (Fsp3) is 1.00. The number of aliphatic hydroxyl groups excluding tert-OH is 5.